The van der Waals surface area contributed by atoms with E-state index in [-0.39, 0.29) is 18.2 Å². The van der Waals surface area contributed by atoms with Crippen LogP contribution in [-0.4, -0.2) is 41.2 Å². The first-order valence-electron chi connectivity index (χ1n) is 12.2. The molecule has 5 aliphatic rings. The zero-order valence-corrected chi connectivity index (χ0v) is 18.4. The van der Waals surface area contributed by atoms with Crippen LogP contribution in [0.4, 0.5) is 10.6 Å². The summed E-state index contributed by atoms with van der Waals surface area (Å²) in [4.78, 5) is 12.9. The second kappa shape index (κ2) is 8.43. The van der Waals surface area contributed by atoms with Gasteiger partial charge in [0.2, 0.25) is 0 Å². The van der Waals surface area contributed by atoms with Crippen LogP contribution in [0.5, 0.6) is 5.75 Å². The predicted octanol–water partition coefficient (Wildman–Crippen LogP) is 4.38. The molecule has 1 aromatic heterocycles. The Morgan fingerprint density at radius 3 is 2.53 bits per heavy atom. The molecule has 7 rings (SSSR count). The number of carbonyl (C=O) groups is 1. The Labute approximate surface area is 188 Å². The van der Waals surface area contributed by atoms with Crippen molar-refractivity contribution in [2.75, 3.05) is 18.5 Å². The molecule has 1 saturated heterocycles. The lowest BCUT2D eigenvalue weighted by Crippen LogP contribution is -2.56. The van der Waals surface area contributed by atoms with E-state index in [4.69, 9.17) is 9.47 Å². The Bertz CT molecular complexity index is 925. The van der Waals surface area contributed by atoms with Crippen LogP contribution in [0, 0.1) is 23.7 Å². The predicted molar refractivity (Wildman–Crippen MR) is 121 cm³/mol. The highest BCUT2D eigenvalue weighted by Crippen LogP contribution is 2.53. The van der Waals surface area contributed by atoms with Gasteiger partial charge in [-0.3, -0.25) is 0 Å². The maximum absolute atomic E-state index is 12.9. The van der Waals surface area contributed by atoms with Crippen LogP contribution in [-0.2, 0) is 4.74 Å². The van der Waals surface area contributed by atoms with Crippen molar-refractivity contribution >= 4 is 11.9 Å². The van der Waals surface area contributed by atoms with E-state index >= 15 is 0 Å². The summed E-state index contributed by atoms with van der Waals surface area (Å²) in [7, 11) is 0. The third-order valence-electron chi connectivity index (χ3n) is 7.97. The number of aromatic nitrogens is 2. The molecule has 4 aliphatic carbocycles. The smallest absolute Gasteiger partial charge is 0.405 e. The van der Waals surface area contributed by atoms with Crippen molar-refractivity contribution < 1.29 is 14.3 Å². The second-order valence-corrected chi connectivity index (χ2v) is 10.1. The highest BCUT2D eigenvalue weighted by molar-refractivity contribution is 5.73. The molecule has 4 bridgehead atoms. The van der Waals surface area contributed by atoms with Gasteiger partial charge < -0.3 is 20.1 Å². The van der Waals surface area contributed by atoms with Crippen molar-refractivity contribution in [1.29, 1.82) is 0 Å². The van der Waals surface area contributed by atoms with E-state index in [0.29, 0.717) is 29.9 Å². The van der Waals surface area contributed by atoms with Crippen molar-refractivity contribution in [2.24, 2.45) is 23.7 Å². The lowest BCUT2D eigenvalue weighted by Gasteiger charge is -2.54. The number of hydrogen-bond acceptors (Lipinski definition) is 5. The van der Waals surface area contributed by atoms with E-state index < -0.39 is 0 Å². The number of nitrogens with zero attached hydrogens (tertiary/aromatic N) is 2. The van der Waals surface area contributed by atoms with Gasteiger partial charge in [-0.25, -0.2) is 9.48 Å². The van der Waals surface area contributed by atoms with E-state index in [9.17, 15) is 4.79 Å². The third-order valence-corrected chi connectivity index (χ3v) is 7.97. The third kappa shape index (κ3) is 3.87. The number of ether oxygens (including phenoxy) is 2. The quantitative estimate of drug-likeness (QED) is 0.703. The molecule has 4 saturated carbocycles. The first-order valence-corrected chi connectivity index (χ1v) is 12.2. The number of carbonyl (C=O) groups excluding carboxylic acids is 1. The summed E-state index contributed by atoms with van der Waals surface area (Å²) in [6.07, 6.45) is 10.0. The molecule has 1 amide bonds. The minimum Gasteiger partial charge on any atom is -0.405 e. The van der Waals surface area contributed by atoms with Crippen LogP contribution >= 0.6 is 0 Å². The molecule has 2 heterocycles. The summed E-state index contributed by atoms with van der Waals surface area (Å²) in [5, 5.41) is 11.2. The average Bonchev–Trinajstić information content (AvgIpc) is 3.45. The zero-order chi connectivity index (χ0) is 21.5. The minimum atomic E-state index is -0.366. The normalized spacial score (nSPS) is 32.8. The zero-order valence-electron chi connectivity index (χ0n) is 18.4. The van der Waals surface area contributed by atoms with E-state index in [1.54, 1.807) is 10.9 Å². The molecule has 32 heavy (non-hydrogen) atoms. The Hall–Kier alpha value is -2.54. The number of para-hydroxylation sites is 1. The van der Waals surface area contributed by atoms with Gasteiger partial charge in [-0.05, 0) is 80.8 Å². The summed E-state index contributed by atoms with van der Waals surface area (Å²) in [6, 6.07) is 10.1. The van der Waals surface area contributed by atoms with Gasteiger partial charge in [0.25, 0.3) is 0 Å². The molecule has 1 unspecified atom stereocenters. The molecule has 170 valence electrons. The van der Waals surface area contributed by atoms with Gasteiger partial charge >= 0.3 is 6.09 Å². The maximum atomic E-state index is 12.9. The molecule has 2 aromatic rings. The van der Waals surface area contributed by atoms with Gasteiger partial charge in [0.15, 0.2) is 11.6 Å². The van der Waals surface area contributed by atoms with Gasteiger partial charge in [-0.2, -0.15) is 5.10 Å². The van der Waals surface area contributed by atoms with Crippen LogP contribution in [0.15, 0.2) is 36.5 Å². The fourth-order valence-corrected chi connectivity index (χ4v) is 6.78. The van der Waals surface area contributed by atoms with Gasteiger partial charge in [0.1, 0.15) is 0 Å². The monoisotopic (exact) mass is 436 g/mol. The highest BCUT2D eigenvalue weighted by Gasteiger charge is 2.48. The van der Waals surface area contributed by atoms with Gasteiger partial charge in [-0.15, -0.1) is 0 Å². The first-order chi connectivity index (χ1) is 15.7. The van der Waals surface area contributed by atoms with Crippen molar-refractivity contribution in [3.63, 3.8) is 0 Å². The van der Waals surface area contributed by atoms with Crippen molar-refractivity contribution in [1.82, 2.24) is 15.1 Å². The van der Waals surface area contributed by atoms with Crippen molar-refractivity contribution in [2.45, 2.75) is 57.1 Å². The lowest BCUT2D eigenvalue weighted by atomic mass is 9.54. The molecule has 7 nitrogen and oxygen atoms in total. The number of amides is 1. The van der Waals surface area contributed by atoms with Gasteiger partial charge in [0, 0.05) is 19.2 Å². The second-order valence-electron chi connectivity index (χ2n) is 10.1. The Kier molecular flexibility index (Phi) is 5.29. The van der Waals surface area contributed by atoms with E-state index in [1.807, 2.05) is 30.3 Å². The van der Waals surface area contributed by atoms with Gasteiger partial charge in [0.05, 0.1) is 18.0 Å². The molecule has 0 spiro atoms. The molecule has 1 atom stereocenters. The minimum absolute atomic E-state index is 0.170. The van der Waals surface area contributed by atoms with Crippen molar-refractivity contribution in [3.05, 3.63) is 36.5 Å². The van der Waals surface area contributed by atoms with Crippen LogP contribution < -0.4 is 15.4 Å². The van der Waals surface area contributed by atoms with Crippen LogP contribution in [0.1, 0.15) is 44.9 Å². The first kappa shape index (κ1) is 20.1. The molecular formula is C25H32N4O3. The highest BCUT2D eigenvalue weighted by atomic mass is 16.6. The maximum Gasteiger partial charge on any atom is 0.413 e. The largest absolute Gasteiger partial charge is 0.413 e. The standard InChI is InChI=1S/C25H32N4O3/c30-25(28-23-18-10-16-9-17(12-18)13-19(23)11-16)32-22-15-27-29(20-5-2-1-3-6-20)24(22)26-14-21-7-4-8-31-21/h1-3,5-6,15-19,21,23,26H,4,7-14H2,(H,28,30). The van der Waals surface area contributed by atoms with Crippen LogP contribution in [0.3, 0.4) is 0 Å². The topological polar surface area (TPSA) is 77.4 Å². The molecular weight excluding hydrogens is 404 g/mol. The number of benzene rings is 1. The van der Waals surface area contributed by atoms with E-state index in [0.717, 1.165) is 37.0 Å². The Morgan fingerprint density at radius 1 is 1.09 bits per heavy atom. The van der Waals surface area contributed by atoms with Crippen LogP contribution in [0.2, 0.25) is 0 Å². The molecule has 7 heteroatoms. The molecule has 0 radical (unpaired) electrons. The molecule has 2 N–H and O–H groups in total. The molecule has 1 aliphatic heterocycles. The molecule has 1 aromatic carbocycles. The average molecular weight is 437 g/mol. The number of anilines is 1. The Balaban J connectivity index is 1.18. The summed E-state index contributed by atoms with van der Waals surface area (Å²) in [5.41, 5.74) is 0.915. The lowest BCUT2D eigenvalue weighted by molar-refractivity contribution is -0.0114. The van der Waals surface area contributed by atoms with Crippen molar-refractivity contribution in [3.8, 4) is 11.4 Å². The van der Waals surface area contributed by atoms with E-state index in [2.05, 4.69) is 15.7 Å². The molecule has 5 fully saturated rings. The fraction of sp³-hybridized carbons (Fsp3) is 0.600. The summed E-state index contributed by atoms with van der Waals surface area (Å²) in [5.74, 6) is 4.12. The fourth-order valence-electron chi connectivity index (χ4n) is 6.78. The summed E-state index contributed by atoms with van der Waals surface area (Å²) in [6.45, 7) is 1.47. The van der Waals surface area contributed by atoms with E-state index in [1.165, 1.54) is 32.1 Å². The summed E-state index contributed by atoms with van der Waals surface area (Å²) < 4.78 is 13.4. The van der Waals surface area contributed by atoms with Gasteiger partial charge in [-0.1, -0.05) is 18.2 Å². The SMILES string of the molecule is O=C(NC1C2CC3CC(C2)CC1C3)Oc1cnn(-c2ccccc2)c1NCC1CCCO1. The number of hydrogen-bond donors (Lipinski definition) is 2. The summed E-state index contributed by atoms with van der Waals surface area (Å²) >= 11 is 0. The number of rotatable bonds is 6. The number of nitrogens with one attached hydrogen (secondary N) is 2. The van der Waals surface area contributed by atoms with Crippen LogP contribution in [0.25, 0.3) is 5.69 Å². The Morgan fingerprint density at radius 2 is 1.84 bits per heavy atom.